The molecule has 1 aliphatic rings. The summed E-state index contributed by atoms with van der Waals surface area (Å²) in [5, 5.41) is 0. The van der Waals surface area contributed by atoms with Crippen LogP contribution in [-0.2, 0) is 9.63 Å². The largest absolute Gasteiger partial charge is 0.299 e. The van der Waals surface area contributed by atoms with Crippen molar-refractivity contribution >= 4 is 5.78 Å². The number of nitrogens with one attached hydrogen (secondary N) is 1. The highest BCUT2D eigenvalue weighted by Crippen LogP contribution is 2.24. The van der Waals surface area contributed by atoms with E-state index >= 15 is 0 Å². The van der Waals surface area contributed by atoms with E-state index in [2.05, 4.69) is 26.3 Å². The summed E-state index contributed by atoms with van der Waals surface area (Å²) in [7, 11) is 0. The Kier molecular flexibility index (Phi) is 4.93. The van der Waals surface area contributed by atoms with E-state index in [1.54, 1.807) is 0 Å². The average molecular weight is 227 g/mol. The summed E-state index contributed by atoms with van der Waals surface area (Å²) >= 11 is 0. The van der Waals surface area contributed by atoms with E-state index in [4.69, 9.17) is 4.84 Å². The van der Waals surface area contributed by atoms with Crippen LogP contribution in [0.4, 0.5) is 0 Å². The summed E-state index contributed by atoms with van der Waals surface area (Å²) in [4.78, 5) is 17.3. The molecule has 0 amide bonds. The first-order valence-electron chi connectivity index (χ1n) is 6.42. The molecule has 0 aromatic rings. The van der Waals surface area contributed by atoms with Crippen LogP contribution in [0.5, 0.6) is 0 Å². The molecule has 0 heterocycles. The average Bonchev–Trinajstić information content (AvgIpc) is 2.20. The lowest BCUT2D eigenvalue weighted by Gasteiger charge is -2.32. The smallest absolute Gasteiger partial charge is 0.138 e. The minimum atomic E-state index is -0.00500. The third-order valence-electron chi connectivity index (χ3n) is 3.34. The Hall–Kier alpha value is -0.410. The molecule has 0 aromatic heterocycles. The fourth-order valence-electron chi connectivity index (χ4n) is 2.23. The molecule has 3 nitrogen and oxygen atoms in total. The number of hydroxylamine groups is 1. The van der Waals surface area contributed by atoms with Gasteiger partial charge in [-0.2, -0.15) is 5.48 Å². The van der Waals surface area contributed by atoms with E-state index in [-0.39, 0.29) is 17.6 Å². The summed E-state index contributed by atoms with van der Waals surface area (Å²) < 4.78 is 0. The molecule has 2 unspecified atom stereocenters. The molecular formula is C13H25NO2. The first kappa shape index (κ1) is 13.7. The lowest BCUT2D eigenvalue weighted by atomic mass is 9.87. The van der Waals surface area contributed by atoms with Crippen LogP contribution in [0.1, 0.15) is 59.8 Å². The molecule has 1 saturated carbocycles. The molecule has 0 spiro atoms. The minimum absolute atomic E-state index is 0.00500. The van der Waals surface area contributed by atoms with Gasteiger partial charge in [0.25, 0.3) is 0 Å². The Morgan fingerprint density at radius 1 is 1.50 bits per heavy atom. The molecule has 0 saturated heterocycles. The SMILES string of the molecule is CCCC(C)(C)NOC1CCCC(=O)C1C. The minimum Gasteiger partial charge on any atom is -0.299 e. The van der Waals surface area contributed by atoms with Crippen LogP contribution in [0.15, 0.2) is 0 Å². The van der Waals surface area contributed by atoms with E-state index in [9.17, 15) is 4.79 Å². The Balaban J connectivity index is 2.39. The van der Waals surface area contributed by atoms with Crippen molar-refractivity contribution < 1.29 is 9.63 Å². The highest BCUT2D eigenvalue weighted by Gasteiger charge is 2.30. The number of ketones is 1. The molecule has 94 valence electrons. The van der Waals surface area contributed by atoms with Crippen molar-refractivity contribution in [3.05, 3.63) is 0 Å². The lowest BCUT2D eigenvalue weighted by Crippen LogP contribution is -2.45. The third-order valence-corrected chi connectivity index (χ3v) is 3.34. The summed E-state index contributed by atoms with van der Waals surface area (Å²) in [6.45, 7) is 8.40. The molecule has 0 bridgehead atoms. The van der Waals surface area contributed by atoms with Gasteiger partial charge in [0, 0.05) is 17.9 Å². The topological polar surface area (TPSA) is 38.3 Å². The predicted molar refractivity (Wildman–Crippen MR) is 65.0 cm³/mol. The van der Waals surface area contributed by atoms with E-state index in [1.807, 2.05) is 6.92 Å². The van der Waals surface area contributed by atoms with Gasteiger partial charge in [-0.05, 0) is 33.1 Å². The summed E-state index contributed by atoms with van der Waals surface area (Å²) in [5.41, 5.74) is 3.12. The van der Waals surface area contributed by atoms with Crippen LogP contribution in [0.2, 0.25) is 0 Å². The summed E-state index contributed by atoms with van der Waals surface area (Å²) in [5.74, 6) is 0.380. The van der Waals surface area contributed by atoms with Gasteiger partial charge < -0.3 is 0 Å². The van der Waals surface area contributed by atoms with Gasteiger partial charge in [0.05, 0.1) is 6.10 Å². The zero-order valence-electron chi connectivity index (χ0n) is 11.0. The fraction of sp³-hybridized carbons (Fsp3) is 0.923. The van der Waals surface area contributed by atoms with Crippen molar-refractivity contribution in [1.82, 2.24) is 5.48 Å². The van der Waals surface area contributed by atoms with Crippen molar-refractivity contribution in [2.75, 3.05) is 0 Å². The third kappa shape index (κ3) is 3.87. The molecule has 0 radical (unpaired) electrons. The van der Waals surface area contributed by atoms with Crippen LogP contribution in [0, 0.1) is 5.92 Å². The Labute approximate surface area is 98.9 Å². The molecular weight excluding hydrogens is 202 g/mol. The lowest BCUT2D eigenvalue weighted by molar-refractivity contribution is -0.141. The van der Waals surface area contributed by atoms with Crippen LogP contribution in [-0.4, -0.2) is 17.4 Å². The Morgan fingerprint density at radius 2 is 2.19 bits per heavy atom. The Morgan fingerprint density at radius 3 is 2.81 bits per heavy atom. The molecule has 1 N–H and O–H groups in total. The zero-order valence-corrected chi connectivity index (χ0v) is 11.0. The number of Topliss-reactive ketones (excluding diaryl/α,β-unsaturated/α-hetero) is 1. The Bertz CT molecular complexity index is 238. The second kappa shape index (κ2) is 5.78. The quantitative estimate of drug-likeness (QED) is 0.734. The maximum atomic E-state index is 11.5. The fourth-order valence-corrected chi connectivity index (χ4v) is 2.23. The van der Waals surface area contributed by atoms with Crippen molar-refractivity contribution in [3.63, 3.8) is 0 Å². The van der Waals surface area contributed by atoms with Gasteiger partial charge in [-0.25, -0.2) is 0 Å². The van der Waals surface area contributed by atoms with Crippen molar-refractivity contribution in [2.24, 2.45) is 5.92 Å². The highest BCUT2D eigenvalue weighted by atomic mass is 16.7. The second-order valence-electron chi connectivity index (χ2n) is 5.54. The maximum Gasteiger partial charge on any atom is 0.138 e. The number of rotatable bonds is 5. The standard InChI is InChI=1S/C13H25NO2/c1-5-9-13(3,4)14-16-12-8-6-7-11(15)10(12)2/h10,12,14H,5-9H2,1-4H3. The van der Waals surface area contributed by atoms with Crippen molar-refractivity contribution in [3.8, 4) is 0 Å². The molecule has 0 aliphatic heterocycles. The van der Waals surface area contributed by atoms with Crippen molar-refractivity contribution in [2.45, 2.75) is 71.4 Å². The normalized spacial score (nSPS) is 27.1. The van der Waals surface area contributed by atoms with Gasteiger partial charge >= 0.3 is 0 Å². The van der Waals surface area contributed by atoms with Gasteiger partial charge in [0.1, 0.15) is 5.78 Å². The molecule has 3 heteroatoms. The molecule has 16 heavy (non-hydrogen) atoms. The van der Waals surface area contributed by atoms with Gasteiger partial charge in [-0.1, -0.05) is 20.3 Å². The number of hydrogen-bond acceptors (Lipinski definition) is 3. The van der Waals surface area contributed by atoms with E-state index < -0.39 is 0 Å². The molecule has 2 atom stereocenters. The summed E-state index contributed by atoms with van der Waals surface area (Å²) in [6.07, 6.45) is 4.92. The first-order valence-corrected chi connectivity index (χ1v) is 6.42. The van der Waals surface area contributed by atoms with Crippen LogP contribution < -0.4 is 5.48 Å². The van der Waals surface area contributed by atoms with Gasteiger partial charge in [0.15, 0.2) is 0 Å². The van der Waals surface area contributed by atoms with Crippen molar-refractivity contribution in [1.29, 1.82) is 0 Å². The summed E-state index contributed by atoms with van der Waals surface area (Å²) in [6, 6.07) is 0. The number of hydrogen-bond donors (Lipinski definition) is 1. The van der Waals surface area contributed by atoms with Gasteiger partial charge in [-0.3, -0.25) is 9.63 Å². The molecule has 1 rings (SSSR count). The van der Waals surface area contributed by atoms with Gasteiger partial charge in [-0.15, -0.1) is 0 Å². The highest BCUT2D eigenvalue weighted by molar-refractivity contribution is 5.81. The van der Waals surface area contributed by atoms with E-state index in [0.717, 1.165) is 32.1 Å². The molecule has 1 fully saturated rings. The number of carbonyl (C=O) groups excluding carboxylic acids is 1. The monoisotopic (exact) mass is 227 g/mol. The maximum absolute atomic E-state index is 11.5. The van der Waals surface area contributed by atoms with E-state index in [1.165, 1.54) is 0 Å². The van der Waals surface area contributed by atoms with Gasteiger partial charge in [0.2, 0.25) is 0 Å². The molecule has 0 aromatic carbocycles. The second-order valence-corrected chi connectivity index (χ2v) is 5.54. The van der Waals surface area contributed by atoms with Crippen LogP contribution >= 0.6 is 0 Å². The number of carbonyl (C=O) groups is 1. The van der Waals surface area contributed by atoms with Crippen LogP contribution in [0.25, 0.3) is 0 Å². The first-order chi connectivity index (χ1) is 7.46. The van der Waals surface area contributed by atoms with E-state index in [0.29, 0.717) is 5.78 Å². The predicted octanol–water partition coefficient (Wildman–Crippen LogP) is 2.84. The zero-order chi connectivity index (χ0) is 12.2. The molecule has 1 aliphatic carbocycles. The van der Waals surface area contributed by atoms with Crippen LogP contribution in [0.3, 0.4) is 0 Å².